The Morgan fingerprint density at radius 3 is 2.85 bits per heavy atom. The van der Waals surface area contributed by atoms with Gasteiger partial charge in [0.25, 0.3) is 0 Å². The van der Waals surface area contributed by atoms with Gasteiger partial charge in [-0.1, -0.05) is 45.3 Å². The molecule has 20 heavy (non-hydrogen) atoms. The third-order valence-corrected chi connectivity index (χ3v) is 3.70. The first-order valence-electron chi connectivity index (χ1n) is 7.39. The van der Waals surface area contributed by atoms with Crippen molar-refractivity contribution in [2.45, 2.75) is 39.5 Å². The van der Waals surface area contributed by atoms with Crippen LogP contribution in [0.3, 0.4) is 0 Å². The molecule has 2 rings (SSSR count). The van der Waals surface area contributed by atoms with Crippen LogP contribution in [0, 0.1) is 10.6 Å². The van der Waals surface area contributed by atoms with Gasteiger partial charge in [0.05, 0.1) is 0 Å². The fraction of sp³-hybridized carbons (Fsp3) is 0.500. The first-order chi connectivity index (χ1) is 9.68. The van der Waals surface area contributed by atoms with Gasteiger partial charge in [0.1, 0.15) is 4.64 Å². The van der Waals surface area contributed by atoms with Crippen molar-refractivity contribution < 1.29 is 0 Å². The molecule has 0 saturated heterocycles. The summed E-state index contributed by atoms with van der Waals surface area (Å²) >= 11 is 5.37. The second kappa shape index (κ2) is 7.39. The van der Waals surface area contributed by atoms with Gasteiger partial charge in [-0.15, -0.1) is 0 Å². The van der Waals surface area contributed by atoms with Crippen LogP contribution in [0.5, 0.6) is 0 Å². The van der Waals surface area contributed by atoms with E-state index in [0.717, 1.165) is 34.6 Å². The first kappa shape index (κ1) is 15.0. The minimum atomic E-state index is 0.776. The molecule has 0 aliphatic rings. The van der Waals surface area contributed by atoms with Gasteiger partial charge in [0, 0.05) is 18.1 Å². The van der Waals surface area contributed by atoms with Crippen LogP contribution in [0.25, 0.3) is 11.0 Å². The minimum Gasteiger partial charge on any atom is -0.323 e. The highest BCUT2D eigenvalue weighted by molar-refractivity contribution is 7.71. The summed E-state index contributed by atoms with van der Waals surface area (Å²) in [5.41, 5.74) is 4.30. The fourth-order valence-electron chi connectivity index (χ4n) is 2.26. The summed E-state index contributed by atoms with van der Waals surface area (Å²) in [6, 6.07) is 7.97. The molecular formula is C16H23N3S. The van der Waals surface area contributed by atoms with Crippen molar-refractivity contribution in [2.24, 2.45) is 5.92 Å². The van der Waals surface area contributed by atoms with Gasteiger partial charge in [0.15, 0.2) is 5.65 Å². The van der Waals surface area contributed by atoms with Crippen molar-refractivity contribution >= 4 is 23.3 Å². The average Bonchev–Trinajstić information content (AvgIpc) is 2.44. The first-order valence-corrected chi connectivity index (χ1v) is 7.80. The van der Waals surface area contributed by atoms with Crippen LogP contribution in [0.4, 0.5) is 0 Å². The van der Waals surface area contributed by atoms with E-state index in [9.17, 15) is 0 Å². The molecule has 0 aliphatic heterocycles. The van der Waals surface area contributed by atoms with Gasteiger partial charge in [-0.05, 0) is 36.6 Å². The van der Waals surface area contributed by atoms with E-state index >= 15 is 0 Å². The van der Waals surface area contributed by atoms with Gasteiger partial charge < -0.3 is 5.43 Å². The molecule has 0 bridgehead atoms. The Labute approximate surface area is 126 Å². The monoisotopic (exact) mass is 289 g/mol. The molecule has 4 heteroatoms. The lowest BCUT2D eigenvalue weighted by Gasteiger charge is -2.13. The highest BCUT2D eigenvalue weighted by Crippen LogP contribution is 2.11. The van der Waals surface area contributed by atoms with E-state index in [1.54, 1.807) is 6.20 Å². The Morgan fingerprint density at radius 2 is 2.05 bits per heavy atom. The molecule has 2 aromatic heterocycles. The molecule has 0 radical (unpaired) electrons. The smallest absolute Gasteiger partial charge is 0.159 e. The van der Waals surface area contributed by atoms with E-state index in [1.165, 1.54) is 19.3 Å². The molecule has 2 heterocycles. The van der Waals surface area contributed by atoms with Gasteiger partial charge in [-0.3, -0.25) is 0 Å². The van der Waals surface area contributed by atoms with E-state index in [2.05, 4.69) is 30.3 Å². The number of hydrogen-bond acceptors (Lipinski definition) is 3. The number of nitrogens with zero attached hydrogens (tertiary/aromatic N) is 2. The van der Waals surface area contributed by atoms with Crippen LogP contribution in [-0.4, -0.2) is 16.2 Å². The van der Waals surface area contributed by atoms with Gasteiger partial charge in [-0.2, -0.15) is 0 Å². The third-order valence-electron chi connectivity index (χ3n) is 3.38. The number of unbranched alkanes of at least 4 members (excludes halogenated alkanes) is 2. The number of fused-ring (bicyclic) bond motifs is 1. The third kappa shape index (κ3) is 4.04. The Hall–Kier alpha value is -1.42. The summed E-state index contributed by atoms with van der Waals surface area (Å²) in [5, 5.41) is 1.11. The number of rotatable bonds is 7. The molecule has 1 N–H and O–H groups in total. The van der Waals surface area contributed by atoms with E-state index in [0.29, 0.717) is 0 Å². The molecule has 0 fully saturated rings. The molecular weight excluding hydrogens is 266 g/mol. The van der Waals surface area contributed by atoms with E-state index < -0.39 is 0 Å². The van der Waals surface area contributed by atoms with Crippen molar-refractivity contribution in [1.82, 2.24) is 9.66 Å². The lowest BCUT2D eigenvalue weighted by Crippen LogP contribution is -2.18. The Kier molecular flexibility index (Phi) is 5.53. The van der Waals surface area contributed by atoms with E-state index in [4.69, 9.17) is 12.2 Å². The zero-order chi connectivity index (χ0) is 14.4. The maximum absolute atomic E-state index is 5.37. The zero-order valence-electron chi connectivity index (χ0n) is 12.3. The summed E-state index contributed by atoms with van der Waals surface area (Å²) in [4.78, 5) is 4.41. The highest BCUT2D eigenvalue weighted by atomic mass is 32.1. The van der Waals surface area contributed by atoms with Crippen LogP contribution >= 0.6 is 12.2 Å². The molecule has 3 nitrogen and oxygen atoms in total. The molecule has 0 aromatic carbocycles. The van der Waals surface area contributed by atoms with Crippen LogP contribution < -0.4 is 5.43 Å². The fourth-order valence-corrected chi connectivity index (χ4v) is 2.48. The summed E-state index contributed by atoms with van der Waals surface area (Å²) < 4.78 is 2.70. The van der Waals surface area contributed by atoms with Gasteiger partial charge >= 0.3 is 0 Å². The molecule has 0 aliphatic carbocycles. The molecule has 108 valence electrons. The Bertz CT molecular complexity index is 604. The SMILES string of the molecule is CC(C)CCCCCNn1c(=S)ccc2cccnc21. The summed E-state index contributed by atoms with van der Waals surface area (Å²) in [6.07, 6.45) is 6.85. The van der Waals surface area contributed by atoms with Crippen LogP contribution in [0.1, 0.15) is 39.5 Å². The maximum atomic E-state index is 5.37. The topological polar surface area (TPSA) is 29.9 Å². The van der Waals surface area contributed by atoms with Crippen LogP contribution in [-0.2, 0) is 0 Å². The Morgan fingerprint density at radius 1 is 1.20 bits per heavy atom. The summed E-state index contributed by atoms with van der Waals surface area (Å²) in [6.45, 7) is 5.49. The summed E-state index contributed by atoms with van der Waals surface area (Å²) in [7, 11) is 0. The molecule has 0 amide bonds. The number of hydrogen-bond donors (Lipinski definition) is 1. The molecule has 2 aromatic rings. The predicted molar refractivity (Wildman–Crippen MR) is 88.1 cm³/mol. The predicted octanol–water partition coefficient (Wildman–Crippen LogP) is 4.53. The largest absolute Gasteiger partial charge is 0.323 e. The lowest BCUT2D eigenvalue weighted by atomic mass is 10.1. The number of nitrogens with one attached hydrogen (secondary N) is 1. The maximum Gasteiger partial charge on any atom is 0.159 e. The Balaban J connectivity index is 1.93. The highest BCUT2D eigenvalue weighted by Gasteiger charge is 2.01. The second-order valence-electron chi connectivity index (χ2n) is 5.57. The van der Waals surface area contributed by atoms with E-state index in [-0.39, 0.29) is 0 Å². The molecule has 0 spiro atoms. The molecule has 0 unspecified atom stereocenters. The van der Waals surface area contributed by atoms with Crippen molar-refractivity contribution in [1.29, 1.82) is 0 Å². The normalized spacial score (nSPS) is 11.2. The second-order valence-corrected chi connectivity index (χ2v) is 5.99. The van der Waals surface area contributed by atoms with Crippen LogP contribution in [0.2, 0.25) is 0 Å². The van der Waals surface area contributed by atoms with Crippen molar-refractivity contribution in [2.75, 3.05) is 12.0 Å². The van der Waals surface area contributed by atoms with E-state index in [1.807, 2.05) is 22.9 Å². The summed E-state index contributed by atoms with van der Waals surface area (Å²) in [5.74, 6) is 0.804. The van der Waals surface area contributed by atoms with Crippen molar-refractivity contribution in [3.8, 4) is 0 Å². The van der Waals surface area contributed by atoms with Crippen molar-refractivity contribution in [3.05, 3.63) is 35.1 Å². The number of aromatic nitrogens is 2. The zero-order valence-corrected chi connectivity index (χ0v) is 13.1. The lowest BCUT2D eigenvalue weighted by molar-refractivity contribution is 0.528. The van der Waals surface area contributed by atoms with Gasteiger partial charge in [0.2, 0.25) is 0 Å². The minimum absolute atomic E-state index is 0.776. The van der Waals surface area contributed by atoms with Crippen LogP contribution in [0.15, 0.2) is 30.5 Å². The number of pyridine rings is 2. The van der Waals surface area contributed by atoms with Gasteiger partial charge in [-0.25, -0.2) is 9.66 Å². The molecule has 0 saturated carbocycles. The quantitative estimate of drug-likeness (QED) is 0.600. The van der Waals surface area contributed by atoms with Crippen molar-refractivity contribution in [3.63, 3.8) is 0 Å². The average molecular weight is 289 g/mol. The molecule has 0 atom stereocenters. The standard InChI is InChI=1S/C16H23N3S/c1-13(2)7-4-3-5-12-18-19-15(20)10-9-14-8-6-11-17-16(14)19/h6,8-11,13,18H,3-5,7,12H2,1-2H3.